The SMILES string of the molecule is CC(C)CCNCC(O)c1ccc(N(C)C)cc1. The highest BCUT2D eigenvalue weighted by Crippen LogP contribution is 2.17. The van der Waals surface area contributed by atoms with Gasteiger partial charge in [0.15, 0.2) is 0 Å². The van der Waals surface area contributed by atoms with Crippen LogP contribution in [0.4, 0.5) is 5.69 Å². The second-order valence-corrected chi connectivity index (χ2v) is 5.39. The van der Waals surface area contributed by atoms with Crippen LogP contribution in [0.5, 0.6) is 0 Å². The first-order valence-electron chi connectivity index (χ1n) is 6.66. The van der Waals surface area contributed by atoms with E-state index in [1.165, 1.54) is 0 Å². The smallest absolute Gasteiger partial charge is 0.0914 e. The molecule has 0 spiro atoms. The van der Waals surface area contributed by atoms with Gasteiger partial charge in [0.1, 0.15) is 0 Å². The Morgan fingerprint density at radius 2 is 1.78 bits per heavy atom. The van der Waals surface area contributed by atoms with Crippen LogP contribution < -0.4 is 10.2 Å². The van der Waals surface area contributed by atoms with E-state index in [-0.39, 0.29) is 0 Å². The molecule has 0 saturated carbocycles. The predicted molar refractivity (Wildman–Crippen MR) is 78.1 cm³/mol. The monoisotopic (exact) mass is 250 g/mol. The molecule has 102 valence electrons. The number of hydrogen-bond donors (Lipinski definition) is 2. The van der Waals surface area contributed by atoms with Crippen LogP contribution in [0.15, 0.2) is 24.3 Å². The summed E-state index contributed by atoms with van der Waals surface area (Å²) >= 11 is 0. The van der Waals surface area contributed by atoms with Crippen LogP contribution in [-0.2, 0) is 0 Å². The zero-order chi connectivity index (χ0) is 13.5. The molecular formula is C15H26N2O. The lowest BCUT2D eigenvalue weighted by Crippen LogP contribution is -2.23. The molecule has 0 fully saturated rings. The van der Waals surface area contributed by atoms with Gasteiger partial charge in [-0.1, -0.05) is 26.0 Å². The van der Waals surface area contributed by atoms with Crippen molar-refractivity contribution >= 4 is 5.69 Å². The van der Waals surface area contributed by atoms with Crippen LogP contribution in [0.2, 0.25) is 0 Å². The normalized spacial score (nSPS) is 12.8. The molecule has 0 saturated heterocycles. The van der Waals surface area contributed by atoms with Crippen molar-refractivity contribution in [3.05, 3.63) is 29.8 Å². The molecule has 0 radical (unpaired) electrons. The molecule has 2 N–H and O–H groups in total. The van der Waals surface area contributed by atoms with Crippen LogP contribution in [0.1, 0.15) is 31.9 Å². The summed E-state index contributed by atoms with van der Waals surface area (Å²) in [5.74, 6) is 0.703. The number of nitrogens with one attached hydrogen (secondary N) is 1. The first kappa shape index (κ1) is 15.0. The minimum absolute atomic E-state index is 0.423. The molecule has 0 aliphatic heterocycles. The molecular weight excluding hydrogens is 224 g/mol. The van der Waals surface area contributed by atoms with E-state index in [1.54, 1.807) is 0 Å². The third-order valence-corrected chi connectivity index (χ3v) is 3.03. The van der Waals surface area contributed by atoms with Crippen molar-refractivity contribution in [1.82, 2.24) is 5.32 Å². The first-order chi connectivity index (χ1) is 8.50. The predicted octanol–water partition coefficient (Wildman–Crippen LogP) is 2.42. The molecule has 1 aromatic rings. The average Bonchev–Trinajstić information content (AvgIpc) is 2.34. The van der Waals surface area contributed by atoms with Crippen LogP contribution in [-0.4, -0.2) is 32.3 Å². The summed E-state index contributed by atoms with van der Waals surface area (Å²) in [6.07, 6.45) is 0.722. The van der Waals surface area contributed by atoms with E-state index in [0.29, 0.717) is 12.5 Å². The summed E-state index contributed by atoms with van der Waals surface area (Å²) in [5.41, 5.74) is 2.12. The van der Waals surface area contributed by atoms with E-state index in [9.17, 15) is 5.11 Å². The number of aliphatic hydroxyl groups is 1. The van der Waals surface area contributed by atoms with Crippen molar-refractivity contribution < 1.29 is 5.11 Å². The summed E-state index contributed by atoms with van der Waals surface area (Å²) in [7, 11) is 4.03. The Bertz CT molecular complexity index is 333. The van der Waals surface area contributed by atoms with Crippen molar-refractivity contribution in [2.24, 2.45) is 5.92 Å². The Balaban J connectivity index is 2.39. The highest BCUT2D eigenvalue weighted by molar-refractivity contribution is 5.46. The highest BCUT2D eigenvalue weighted by Gasteiger charge is 2.07. The highest BCUT2D eigenvalue weighted by atomic mass is 16.3. The van der Waals surface area contributed by atoms with Gasteiger partial charge in [-0.05, 0) is 36.6 Å². The molecule has 1 rings (SSSR count). The van der Waals surface area contributed by atoms with Crippen LogP contribution in [0, 0.1) is 5.92 Å². The summed E-state index contributed by atoms with van der Waals surface area (Å²) in [4.78, 5) is 2.05. The maximum Gasteiger partial charge on any atom is 0.0914 e. The fourth-order valence-electron chi connectivity index (χ4n) is 1.74. The Kier molecular flexibility index (Phi) is 6.16. The lowest BCUT2D eigenvalue weighted by molar-refractivity contribution is 0.174. The molecule has 3 heteroatoms. The van der Waals surface area contributed by atoms with E-state index < -0.39 is 6.10 Å². The summed E-state index contributed by atoms with van der Waals surface area (Å²) in [6.45, 7) is 5.99. The molecule has 0 aliphatic carbocycles. The van der Waals surface area contributed by atoms with Gasteiger partial charge in [0.25, 0.3) is 0 Å². The zero-order valence-corrected chi connectivity index (χ0v) is 12.0. The van der Waals surface area contributed by atoms with E-state index >= 15 is 0 Å². The van der Waals surface area contributed by atoms with E-state index in [4.69, 9.17) is 0 Å². The van der Waals surface area contributed by atoms with Gasteiger partial charge in [0, 0.05) is 26.3 Å². The molecule has 0 aliphatic rings. The second kappa shape index (κ2) is 7.39. The average molecular weight is 250 g/mol. The fourth-order valence-corrected chi connectivity index (χ4v) is 1.74. The Hall–Kier alpha value is -1.06. The maximum atomic E-state index is 10.0. The summed E-state index contributed by atoms with van der Waals surface area (Å²) in [6, 6.07) is 8.05. The fraction of sp³-hybridized carbons (Fsp3) is 0.600. The van der Waals surface area contributed by atoms with Crippen LogP contribution >= 0.6 is 0 Å². The van der Waals surface area contributed by atoms with Gasteiger partial charge in [0.2, 0.25) is 0 Å². The van der Waals surface area contributed by atoms with Crippen molar-refractivity contribution in [2.45, 2.75) is 26.4 Å². The summed E-state index contributed by atoms with van der Waals surface area (Å²) in [5, 5.41) is 13.3. The van der Waals surface area contributed by atoms with Gasteiger partial charge in [-0.3, -0.25) is 0 Å². The molecule has 0 bridgehead atoms. The van der Waals surface area contributed by atoms with Gasteiger partial charge >= 0.3 is 0 Å². The third-order valence-electron chi connectivity index (χ3n) is 3.03. The number of hydrogen-bond acceptors (Lipinski definition) is 3. The van der Waals surface area contributed by atoms with Crippen molar-refractivity contribution in [3.8, 4) is 0 Å². The Labute approximate surface area is 111 Å². The van der Waals surface area contributed by atoms with Gasteiger partial charge in [-0.15, -0.1) is 0 Å². The lowest BCUT2D eigenvalue weighted by atomic mass is 10.1. The molecule has 18 heavy (non-hydrogen) atoms. The number of nitrogens with zero attached hydrogens (tertiary/aromatic N) is 1. The zero-order valence-electron chi connectivity index (χ0n) is 12.0. The number of benzene rings is 1. The van der Waals surface area contributed by atoms with Gasteiger partial charge in [0.05, 0.1) is 6.10 Å². The molecule has 0 heterocycles. The standard InChI is InChI=1S/C15H26N2O/c1-12(2)9-10-16-11-15(18)13-5-7-14(8-6-13)17(3)4/h5-8,12,15-16,18H,9-11H2,1-4H3. The Morgan fingerprint density at radius 3 is 2.28 bits per heavy atom. The molecule has 1 aromatic carbocycles. The van der Waals surface area contributed by atoms with Crippen molar-refractivity contribution in [1.29, 1.82) is 0 Å². The summed E-state index contributed by atoms with van der Waals surface area (Å²) < 4.78 is 0. The van der Waals surface area contributed by atoms with Gasteiger partial charge in [-0.25, -0.2) is 0 Å². The molecule has 0 aromatic heterocycles. The van der Waals surface area contributed by atoms with E-state index in [1.807, 2.05) is 38.4 Å². The largest absolute Gasteiger partial charge is 0.387 e. The first-order valence-corrected chi connectivity index (χ1v) is 6.66. The van der Waals surface area contributed by atoms with E-state index in [2.05, 4.69) is 24.1 Å². The molecule has 3 nitrogen and oxygen atoms in total. The van der Waals surface area contributed by atoms with E-state index in [0.717, 1.165) is 24.2 Å². The van der Waals surface area contributed by atoms with Crippen LogP contribution in [0.25, 0.3) is 0 Å². The quantitative estimate of drug-likeness (QED) is 0.730. The van der Waals surface area contributed by atoms with Gasteiger partial charge in [-0.2, -0.15) is 0 Å². The molecule has 0 amide bonds. The second-order valence-electron chi connectivity index (χ2n) is 5.39. The van der Waals surface area contributed by atoms with Crippen LogP contribution in [0.3, 0.4) is 0 Å². The minimum Gasteiger partial charge on any atom is -0.387 e. The maximum absolute atomic E-state index is 10.0. The van der Waals surface area contributed by atoms with Crippen molar-refractivity contribution in [3.63, 3.8) is 0 Å². The van der Waals surface area contributed by atoms with Crippen molar-refractivity contribution in [2.75, 3.05) is 32.1 Å². The third kappa shape index (κ3) is 5.07. The topological polar surface area (TPSA) is 35.5 Å². The van der Waals surface area contributed by atoms with Gasteiger partial charge < -0.3 is 15.3 Å². The minimum atomic E-state index is -0.423. The number of aliphatic hydroxyl groups excluding tert-OH is 1. The number of anilines is 1. The molecule has 1 unspecified atom stereocenters. The lowest BCUT2D eigenvalue weighted by Gasteiger charge is -2.16. The Morgan fingerprint density at radius 1 is 1.17 bits per heavy atom. The number of rotatable bonds is 7. The molecule has 1 atom stereocenters.